The van der Waals surface area contributed by atoms with E-state index in [1.54, 1.807) is 13.2 Å². The summed E-state index contributed by atoms with van der Waals surface area (Å²) in [4.78, 5) is 10.4. The van der Waals surface area contributed by atoms with Gasteiger partial charge in [-0.3, -0.25) is 0 Å². The summed E-state index contributed by atoms with van der Waals surface area (Å²) in [5.74, 6) is -0.946. The van der Waals surface area contributed by atoms with Gasteiger partial charge < -0.3 is 14.6 Å². The molecule has 0 aliphatic rings. The van der Waals surface area contributed by atoms with E-state index in [-0.39, 0.29) is 5.60 Å². The molecule has 0 saturated carbocycles. The van der Waals surface area contributed by atoms with Crippen LogP contribution in [0.1, 0.15) is 31.4 Å². The van der Waals surface area contributed by atoms with Crippen LogP contribution in [0.5, 0.6) is 0 Å². The van der Waals surface area contributed by atoms with E-state index < -0.39 is 5.97 Å². The predicted octanol–water partition coefficient (Wildman–Crippen LogP) is 3.12. The second-order valence-corrected chi connectivity index (χ2v) is 5.18. The normalized spacial score (nSPS) is 11.9. The summed E-state index contributed by atoms with van der Waals surface area (Å²) in [5, 5.41) is 8.54. The lowest BCUT2D eigenvalue weighted by Gasteiger charge is -2.22. The topological polar surface area (TPSA) is 55.8 Å². The van der Waals surface area contributed by atoms with Gasteiger partial charge in [-0.25, -0.2) is 4.79 Å². The average Bonchev–Trinajstić information content (AvgIpc) is 2.42. The first-order valence-corrected chi connectivity index (χ1v) is 6.56. The molecule has 0 saturated heterocycles. The number of aliphatic carboxylic acids is 1. The van der Waals surface area contributed by atoms with Crippen LogP contribution in [0.4, 0.5) is 0 Å². The first kappa shape index (κ1) is 16.4. The molecular weight excluding hydrogens is 256 g/mol. The smallest absolute Gasteiger partial charge is 0.328 e. The van der Waals surface area contributed by atoms with Crippen LogP contribution in [0.2, 0.25) is 0 Å². The Bertz CT molecular complexity index is 446. The molecule has 110 valence electrons. The molecule has 0 amide bonds. The Hall–Kier alpha value is -1.65. The Labute approximate surface area is 120 Å². The van der Waals surface area contributed by atoms with Crippen molar-refractivity contribution in [1.82, 2.24) is 0 Å². The molecule has 1 aromatic carbocycles. The van der Waals surface area contributed by atoms with Gasteiger partial charge in [-0.15, -0.1) is 0 Å². The van der Waals surface area contributed by atoms with Crippen LogP contribution in [0, 0.1) is 0 Å². The zero-order valence-electron chi connectivity index (χ0n) is 12.3. The maximum absolute atomic E-state index is 10.4. The summed E-state index contributed by atoms with van der Waals surface area (Å²) in [6.45, 7) is 5.24. The number of methoxy groups -OCH3 is 1. The average molecular weight is 278 g/mol. The van der Waals surface area contributed by atoms with Crippen LogP contribution in [0.3, 0.4) is 0 Å². The van der Waals surface area contributed by atoms with Crippen molar-refractivity contribution in [1.29, 1.82) is 0 Å². The minimum atomic E-state index is -0.946. The van der Waals surface area contributed by atoms with Crippen molar-refractivity contribution in [3.05, 3.63) is 41.5 Å². The number of carboxylic acids is 1. The number of hydrogen-bond donors (Lipinski definition) is 1. The third-order valence-electron chi connectivity index (χ3n) is 3.07. The van der Waals surface area contributed by atoms with E-state index in [1.807, 2.05) is 38.1 Å². The molecule has 1 N–H and O–H groups in total. The highest BCUT2D eigenvalue weighted by Crippen LogP contribution is 2.13. The number of hydrogen-bond acceptors (Lipinski definition) is 3. The zero-order chi connectivity index (χ0) is 15.0. The number of ether oxygens (including phenoxy) is 2. The third kappa shape index (κ3) is 6.50. The fourth-order valence-corrected chi connectivity index (χ4v) is 1.50. The van der Waals surface area contributed by atoms with Gasteiger partial charge >= 0.3 is 5.97 Å². The fourth-order valence-electron chi connectivity index (χ4n) is 1.50. The van der Waals surface area contributed by atoms with Crippen molar-refractivity contribution in [3.63, 3.8) is 0 Å². The fraction of sp³-hybridized carbons (Fsp3) is 0.438. The van der Waals surface area contributed by atoms with E-state index in [0.29, 0.717) is 13.2 Å². The molecule has 0 fully saturated rings. The van der Waals surface area contributed by atoms with Crippen LogP contribution in [0.25, 0.3) is 6.08 Å². The molecule has 4 heteroatoms. The summed E-state index contributed by atoms with van der Waals surface area (Å²) in [5.41, 5.74) is 1.76. The van der Waals surface area contributed by atoms with Gasteiger partial charge in [-0.05, 0) is 37.5 Å². The Morgan fingerprint density at radius 2 is 1.95 bits per heavy atom. The van der Waals surface area contributed by atoms with Gasteiger partial charge in [0.25, 0.3) is 0 Å². The highest BCUT2D eigenvalue weighted by atomic mass is 16.5. The molecule has 0 heterocycles. The molecule has 0 spiro atoms. The molecule has 4 nitrogen and oxygen atoms in total. The SMILES string of the molecule is COC(C)(C)CCOCc1ccc(/C=C/C(=O)O)cc1. The highest BCUT2D eigenvalue weighted by Gasteiger charge is 2.15. The summed E-state index contributed by atoms with van der Waals surface area (Å²) in [6.07, 6.45) is 3.52. The molecule has 0 radical (unpaired) electrons. The highest BCUT2D eigenvalue weighted by molar-refractivity contribution is 5.85. The Morgan fingerprint density at radius 3 is 2.50 bits per heavy atom. The number of benzene rings is 1. The van der Waals surface area contributed by atoms with E-state index in [0.717, 1.165) is 23.6 Å². The summed E-state index contributed by atoms with van der Waals surface area (Å²) >= 11 is 0. The Morgan fingerprint density at radius 1 is 1.30 bits per heavy atom. The molecular formula is C16H22O4. The van der Waals surface area contributed by atoms with Gasteiger partial charge in [0.2, 0.25) is 0 Å². The summed E-state index contributed by atoms with van der Waals surface area (Å²) in [6, 6.07) is 7.61. The van der Waals surface area contributed by atoms with Crippen molar-refractivity contribution >= 4 is 12.0 Å². The molecule has 0 bridgehead atoms. The van der Waals surface area contributed by atoms with Gasteiger partial charge in [-0.1, -0.05) is 24.3 Å². The van der Waals surface area contributed by atoms with E-state index in [2.05, 4.69) is 0 Å². The van der Waals surface area contributed by atoms with E-state index in [1.165, 1.54) is 0 Å². The van der Waals surface area contributed by atoms with Crippen molar-refractivity contribution in [2.75, 3.05) is 13.7 Å². The van der Waals surface area contributed by atoms with Crippen LogP contribution in [0.15, 0.2) is 30.3 Å². The number of rotatable bonds is 8. The van der Waals surface area contributed by atoms with E-state index in [4.69, 9.17) is 14.6 Å². The van der Waals surface area contributed by atoms with E-state index >= 15 is 0 Å². The first-order chi connectivity index (χ1) is 9.43. The van der Waals surface area contributed by atoms with Crippen molar-refractivity contribution < 1.29 is 19.4 Å². The molecule has 0 aliphatic carbocycles. The van der Waals surface area contributed by atoms with Crippen LogP contribution in [-0.2, 0) is 20.9 Å². The molecule has 20 heavy (non-hydrogen) atoms. The molecule has 0 aliphatic heterocycles. The van der Waals surface area contributed by atoms with Crippen molar-refractivity contribution in [2.24, 2.45) is 0 Å². The molecule has 0 unspecified atom stereocenters. The predicted molar refractivity (Wildman–Crippen MR) is 78.5 cm³/mol. The Balaban J connectivity index is 2.37. The lowest BCUT2D eigenvalue weighted by molar-refractivity contribution is -0.131. The maximum atomic E-state index is 10.4. The standard InChI is InChI=1S/C16H22O4/c1-16(2,19-3)10-11-20-12-14-6-4-13(5-7-14)8-9-15(17)18/h4-9H,10-12H2,1-3H3,(H,17,18)/b9-8+. The lowest BCUT2D eigenvalue weighted by Crippen LogP contribution is -2.24. The summed E-state index contributed by atoms with van der Waals surface area (Å²) < 4.78 is 10.9. The van der Waals surface area contributed by atoms with Crippen LogP contribution < -0.4 is 0 Å². The largest absolute Gasteiger partial charge is 0.478 e. The Kier molecular flexibility index (Phi) is 6.42. The van der Waals surface area contributed by atoms with Gasteiger partial charge in [-0.2, -0.15) is 0 Å². The second kappa shape index (κ2) is 7.82. The van der Waals surface area contributed by atoms with Crippen molar-refractivity contribution in [3.8, 4) is 0 Å². The summed E-state index contributed by atoms with van der Waals surface area (Å²) in [7, 11) is 1.70. The molecule has 1 aromatic rings. The van der Waals surface area contributed by atoms with Gasteiger partial charge in [0.05, 0.1) is 12.2 Å². The van der Waals surface area contributed by atoms with Crippen LogP contribution >= 0.6 is 0 Å². The minimum Gasteiger partial charge on any atom is -0.478 e. The van der Waals surface area contributed by atoms with Gasteiger partial charge in [0.1, 0.15) is 0 Å². The number of carboxylic acid groups (broad SMARTS) is 1. The maximum Gasteiger partial charge on any atom is 0.328 e. The molecule has 0 atom stereocenters. The molecule has 0 aromatic heterocycles. The lowest BCUT2D eigenvalue weighted by atomic mass is 10.1. The van der Waals surface area contributed by atoms with E-state index in [9.17, 15) is 4.79 Å². The van der Waals surface area contributed by atoms with Gasteiger partial charge in [0, 0.05) is 19.8 Å². The monoisotopic (exact) mass is 278 g/mol. The second-order valence-electron chi connectivity index (χ2n) is 5.18. The number of carbonyl (C=O) groups is 1. The third-order valence-corrected chi connectivity index (χ3v) is 3.07. The minimum absolute atomic E-state index is 0.161. The van der Waals surface area contributed by atoms with Crippen LogP contribution in [-0.4, -0.2) is 30.4 Å². The molecule has 1 rings (SSSR count). The van der Waals surface area contributed by atoms with Gasteiger partial charge in [0.15, 0.2) is 0 Å². The zero-order valence-corrected chi connectivity index (χ0v) is 12.3. The first-order valence-electron chi connectivity index (χ1n) is 6.56. The quantitative estimate of drug-likeness (QED) is 0.586. The van der Waals surface area contributed by atoms with Crippen molar-refractivity contribution in [2.45, 2.75) is 32.5 Å².